The Hall–Kier alpha value is -3.78. The zero-order valence-corrected chi connectivity index (χ0v) is 52.2. The molecule has 3 heterocycles. The van der Waals surface area contributed by atoms with Crippen LogP contribution >= 0.6 is 8.86 Å². The topological polar surface area (TPSA) is 179 Å². The summed E-state index contributed by atoms with van der Waals surface area (Å²) >= 11 is 0. The molecule has 0 saturated carbocycles. The molecule has 3 saturated heterocycles. The molecule has 0 aromatic heterocycles. The van der Waals surface area contributed by atoms with Crippen molar-refractivity contribution in [2.75, 3.05) is 224 Å². The number of Topliss-reactive ketones (excluding diaryl/α,β-unsaturated/α-hetero) is 1. The summed E-state index contributed by atoms with van der Waals surface area (Å²) < 4.78 is 35.1. The average molecular weight is 1160 g/mol. The molecule has 2 atom stereocenters. The number of likely N-dealkylation sites (N-methyl/N-ethyl adjacent to an activating group) is 3. The fraction of sp³-hybridized carbons (Fsp3) is 0.767. The molecule has 0 aromatic rings. The van der Waals surface area contributed by atoms with Crippen molar-refractivity contribution >= 4 is 44.3 Å². The number of rotatable bonds is 42. The predicted octanol–water partition coefficient (Wildman–Crippen LogP) is 3.20. The van der Waals surface area contributed by atoms with Gasteiger partial charge in [0.05, 0.1) is 49.2 Å². The van der Waals surface area contributed by atoms with Crippen LogP contribution < -0.4 is 5.32 Å². The van der Waals surface area contributed by atoms with Crippen molar-refractivity contribution in [2.45, 2.75) is 67.2 Å². The highest BCUT2D eigenvalue weighted by molar-refractivity contribution is 7.20. The Morgan fingerprint density at radius 1 is 0.568 bits per heavy atom. The maximum atomic E-state index is 13.1. The summed E-state index contributed by atoms with van der Waals surface area (Å²) in [7, 11) is 5.26. The van der Waals surface area contributed by atoms with Crippen LogP contribution in [0.15, 0.2) is 38.0 Å². The standard InChI is InChI=1S/C42H77N6O9P.C15H27N3O.C3H4O/c1-8-37(49)54-33-41(10-3,34-56-39(51)14-17-45-24-28-48(29-25-45)21-20-44(12-5)13-6)31-53-32-42(30-52-7,35-55-38(50)9-2)36-57-40(58)15-18-46-22-26-47(27-23-46)19-16-43-11-4;1-4-15(19)7-8-17-11-13-18(14-12-17)10-9-16(5-2)6-3;1-2-3-4/h8-9,43,58H,1-2,10-36H2,3-7H3;1H,5-14H2,2-3H3;2-3H,1H2. The molecule has 3 rings (SSSR count). The Morgan fingerprint density at radius 2 is 0.963 bits per heavy atom. The van der Waals surface area contributed by atoms with E-state index >= 15 is 0 Å². The maximum absolute atomic E-state index is 13.1. The lowest BCUT2D eigenvalue weighted by atomic mass is 9.87. The average Bonchev–Trinajstić information content (AvgIpc) is 3.50. The number of ketones is 1. The zero-order chi connectivity index (χ0) is 60.2. The second kappa shape index (κ2) is 46.6. The van der Waals surface area contributed by atoms with Crippen molar-refractivity contribution in [3.63, 3.8) is 0 Å². The number of methoxy groups -OCH3 is 1. The van der Waals surface area contributed by atoms with E-state index in [1.807, 2.05) is 6.92 Å². The maximum Gasteiger partial charge on any atom is 0.330 e. The van der Waals surface area contributed by atoms with Crippen molar-refractivity contribution in [2.24, 2.45) is 10.8 Å². The van der Waals surface area contributed by atoms with E-state index in [1.54, 1.807) is 7.11 Å². The first-order chi connectivity index (χ1) is 39.1. The van der Waals surface area contributed by atoms with Crippen molar-refractivity contribution in [3.8, 4) is 12.3 Å². The summed E-state index contributed by atoms with van der Waals surface area (Å²) in [6.07, 6.45) is 11.0. The number of carbonyl (C=O) groups excluding carboxylic acids is 5. The molecular formula is C60H108N9O11P. The Balaban J connectivity index is 0.00000118. The van der Waals surface area contributed by atoms with Crippen molar-refractivity contribution < 1.29 is 52.4 Å². The van der Waals surface area contributed by atoms with Crippen LogP contribution in [0, 0.1) is 23.2 Å². The monoisotopic (exact) mass is 1160 g/mol. The van der Waals surface area contributed by atoms with Crippen LogP contribution in [0.1, 0.15) is 67.2 Å². The summed E-state index contributed by atoms with van der Waals surface area (Å²) in [6, 6.07) is 0. The first-order valence-corrected chi connectivity index (χ1v) is 30.2. The smallest absolute Gasteiger partial charge is 0.330 e. The molecular weight excluding hydrogens is 1050 g/mol. The fourth-order valence-corrected chi connectivity index (χ4v) is 9.45. The van der Waals surface area contributed by atoms with Crippen LogP contribution in [0.25, 0.3) is 0 Å². The highest BCUT2D eigenvalue weighted by Crippen LogP contribution is 2.28. The molecule has 81 heavy (non-hydrogen) atoms. The molecule has 0 spiro atoms. The number of nitrogens with one attached hydrogen (secondary N) is 1. The lowest BCUT2D eigenvalue weighted by Crippen LogP contribution is -2.48. The van der Waals surface area contributed by atoms with Gasteiger partial charge >= 0.3 is 17.9 Å². The molecule has 1 N–H and O–H groups in total. The summed E-state index contributed by atoms with van der Waals surface area (Å²) in [4.78, 5) is 77.1. The van der Waals surface area contributed by atoms with E-state index < -0.39 is 22.8 Å². The van der Waals surface area contributed by atoms with Gasteiger partial charge in [0.15, 0.2) is 0 Å². The van der Waals surface area contributed by atoms with Gasteiger partial charge in [0.2, 0.25) is 5.78 Å². The van der Waals surface area contributed by atoms with E-state index in [9.17, 15) is 19.2 Å². The SMILES string of the molecule is C#CC(=O)CCN1CCN(CCN(CC)CC)CC1.C=CC(=O)OCC(CC)(COCC(COC)(COC(=O)C=C)COC(=P)CCN1CCN(CCNCC)CC1)COC(=O)CCN1CCN(CCN(CC)CC)CC1.C=CC=O. The van der Waals surface area contributed by atoms with E-state index in [0.29, 0.717) is 37.6 Å². The number of ether oxygens (including phenoxy) is 6. The summed E-state index contributed by atoms with van der Waals surface area (Å²) in [5, 5.41) is 3.39. The quantitative estimate of drug-likeness (QED) is 0.0138. The molecule has 3 aliphatic heterocycles. The highest BCUT2D eigenvalue weighted by atomic mass is 31.0. The summed E-state index contributed by atoms with van der Waals surface area (Å²) in [6.45, 7) is 49.7. The molecule has 464 valence electrons. The second-order valence-electron chi connectivity index (χ2n) is 20.9. The van der Waals surface area contributed by atoms with Gasteiger partial charge in [0, 0.05) is 170 Å². The van der Waals surface area contributed by atoms with E-state index in [4.69, 9.17) is 39.6 Å². The number of hydrogen-bond donors (Lipinski definition) is 1. The number of piperazine rings is 3. The van der Waals surface area contributed by atoms with Gasteiger partial charge < -0.3 is 58.2 Å². The first kappa shape index (κ1) is 75.2. The Bertz CT molecular complexity index is 1810. The van der Waals surface area contributed by atoms with E-state index in [1.165, 1.54) is 6.08 Å². The van der Waals surface area contributed by atoms with E-state index in [-0.39, 0.29) is 64.4 Å². The predicted molar refractivity (Wildman–Crippen MR) is 327 cm³/mol. The van der Waals surface area contributed by atoms with Crippen molar-refractivity contribution in [1.29, 1.82) is 0 Å². The number of esters is 3. The zero-order valence-electron chi connectivity index (χ0n) is 51.2. The minimum Gasteiger partial charge on any atom is -0.465 e. The van der Waals surface area contributed by atoms with Crippen molar-refractivity contribution in [3.05, 3.63) is 38.0 Å². The van der Waals surface area contributed by atoms with Crippen LogP contribution in [0.2, 0.25) is 0 Å². The minimum atomic E-state index is -0.896. The number of hydrogen-bond acceptors (Lipinski definition) is 20. The molecule has 0 radical (unpaired) electrons. The third kappa shape index (κ3) is 34.6. The molecule has 0 bridgehead atoms. The van der Waals surface area contributed by atoms with Gasteiger partial charge in [-0.05, 0) is 51.1 Å². The van der Waals surface area contributed by atoms with Gasteiger partial charge in [-0.3, -0.25) is 29.1 Å². The highest BCUT2D eigenvalue weighted by Gasteiger charge is 2.38. The van der Waals surface area contributed by atoms with Crippen LogP contribution in [0.5, 0.6) is 0 Å². The molecule has 3 fully saturated rings. The van der Waals surface area contributed by atoms with Crippen LogP contribution in [-0.4, -0.2) is 298 Å². The van der Waals surface area contributed by atoms with Gasteiger partial charge in [0.25, 0.3) is 0 Å². The number of carbonyl (C=O) groups is 5. The Kier molecular flexibility index (Phi) is 43.3. The lowest BCUT2D eigenvalue weighted by Gasteiger charge is -2.36. The number of aldehydes is 1. The molecule has 0 amide bonds. The number of nitrogens with zero attached hydrogens (tertiary/aromatic N) is 8. The third-order valence-corrected chi connectivity index (χ3v) is 15.6. The van der Waals surface area contributed by atoms with Gasteiger partial charge in [-0.2, -0.15) is 0 Å². The summed E-state index contributed by atoms with van der Waals surface area (Å²) in [5.74, 6) is 0.628. The van der Waals surface area contributed by atoms with Gasteiger partial charge in [-0.25, -0.2) is 9.59 Å². The number of allylic oxidation sites excluding steroid dienone is 1. The molecule has 21 heteroatoms. The molecule has 0 aromatic carbocycles. The van der Waals surface area contributed by atoms with Crippen LogP contribution in [0.4, 0.5) is 0 Å². The summed E-state index contributed by atoms with van der Waals surface area (Å²) in [5.41, 5.74) is -1.06. The van der Waals surface area contributed by atoms with Gasteiger partial charge in [-0.1, -0.05) is 70.1 Å². The fourth-order valence-electron chi connectivity index (χ4n) is 9.27. The minimum absolute atomic E-state index is 0.00590. The Labute approximate surface area is 491 Å². The van der Waals surface area contributed by atoms with Gasteiger partial charge in [0.1, 0.15) is 26.1 Å². The number of terminal acetylenes is 1. The van der Waals surface area contributed by atoms with Crippen LogP contribution in [0.3, 0.4) is 0 Å². The largest absolute Gasteiger partial charge is 0.465 e. The lowest BCUT2D eigenvalue weighted by molar-refractivity contribution is -0.159. The van der Waals surface area contributed by atoms with Crippen LogP contribution in [-0.2, 0) is 52.4 Å². The molecule has 20 nitrogen and oxygen atoms in total. The van der Waals surface area contributed by atoms with E-state index in [0.717, 1.165) is 176 Å². The van der Waals surface area contributed by atoms with E-state index in [2.05, 4.69) is 114 Å². The Morgan fingerprint density at radius 3 is 1.37 bits per heavy atom. The molecule has 2 unspecified atom stereocenters. The normalized spacial score (nSPS) is 17.2. The van der Waals surface area contributed by atoms with Gasteiger partial charge in [-0.15, -0.1) is 6.42 Å². The van der Waals surface area contributed by atoms with Crippen molar-refractivity contribution in [1.82, 2.24) is 44.5 Å². The molecule has 0 aliphatic carbocycles. The first-order valence-electron chi connectivity index (χ1n) is 29.7. The molecule has 3 aliphatic rings. The third-order valence-electron chi connectivity index (χ3n) is 15.2. The second-order valence-corrected chi connectivity index (χ2v) is 21.5.